The van der Waals surface area contributed by atoms with E-state index in [1.807, 2.05) is 0 Å². The molecule has 0 aliphatic heterocycles. The number of benzene rings is 2. The molecule has 2 aromatic carbocycles. The normalized spacial score (nSPS) is 11.1. The summed E-state index contributed by atoms with van der Waals surface area (Å²) in [4.78, 5) is 13.7. The fourth-order valence-electron chi connectivity index (χ4n) is 3.04. The number of nitrogens with zero attached hydrogens (tertiary/aromatic N) is 4. The van der Waals surface area contributed by atoms with Gasteiger partial charge in [-0.05, 0) is 30.3 Å². The van der Waals surface area contributed by atoms with Crippen LogP contribution in [0, 0.1) is 11.6 Å². The van der Waals surface area contributed by atoms with E-state index in [0.29, 0.717) is 28.0 Å². The van der Waals surface area contributed by atoms with Crippen LogP contribution in [0.4, 0.5) is 25.8 Å². The first-order valence-corrected chi connectivity index (χ1v) is 8.36. The summed E-state index contributed by atoms with van der Waals surface area (Å²) in [6.45, 7) is 0. The Labute approximate surface area is 158 Å². The van der Waals surface area contributed by atoms with Crippen LogP contribution in [0.25, 0.3) is 22.2 Å². The van der Waals surface area contributed by atoms with Crippen molar-refractivity contribution in [1.82, 2.24) is 19.6 Å². The molecular formula is C19H16F2N6O. The lowest BCUT2D eigenvalue weighted by atomic mass is 10.0. The highest BCUT2D eigenvalue weighted by molar-refractivity contribution is 5.96. The third-order valence-corrected chi connectivity index (χ3v) is 4.35. The Balaban J connectivity index is 1.94. The third-order valence-electron chi connectivity index (χ3n) is 4.35. The average molecular weight is 382 g/mol. The summed E-state index contributed by atoms with van der Waals surface area (Å²) in [5, 5.41) is 11.4. The van der Waals surface area contributed by atoms with Gasteiger partial charge in [0, 0.05) is 48.9 Å². The minimum atomic E-state index is -0.729. The fourth-order valence-corrected chi connectivity index (χ4v) is 3.04. The summed E-state index contributed by atoms with van der Waals surface area (Å²) in [6.07, 6.45) is 1.63. The van der Waals surface area contributed by atoms with Crippen LogP contribution in [0.3, 0.4) is 0 Å². The topological polar surface area (TPSA) is 90.8 Å². The number of anilines is 3. The first kappa shape index (κ1) is 17.7. The van der Waals surface area contributed by atoms with Gasteiger partial charge in [0.15, 0.2) is 5.52 Å². The Bertz CT molecular complexity index is 1280. The molecule has 0 amide bonds. The van der Waals surface area contributed by atoms with Crippen molar-refractivity contribution < 1.29 is 8.78 Å². The van der Waals surface area contributed by atoms with E-state index < -0.39 is 11.6 Å². The van der Waals surface area contributed by atoms with Gasteiger partial charge in [0.2, 0.25) is 0 Å². The molecule has 7 nitrogen and oxygen atoms in total. The van der Waals surface area contributed by atoms with E-state index in [2.05, 4.69) is 15.5 Å². The summed E-state index contributed by atoms with van der Waals surface area (Å²) in [6, 6.07) is 8.30. The van der Waals surface area contributed by atoms with E-state index >= 15 is 0 Å². The quantitative estimate of drug-likeness (QED) is 0.532. The van der Waals surface area contributed by atoms with E-state index in [1.165, 1.54) is 15.4 Å². The van der Waals surface area contributed by atoms with Crippen molar-refractivity contribution >= 4 is 28.1 Å². The second kappa shape index (κ2) is 6.45. The zero-order valence-corrected chi connectivity index (χ0v) is 15.1. The highest BCUT2D eigenvalue weighted by Crippen LogP contribution is 2.35. The molecule has 9 heteroatoms. The van der Waals surface area contributed by atoms with Crippen molar-refractivity contribution in [3.63, 3.8) is 0 Å². The number of fused-ring (bicyclic) bond motifs is 1. The molecule has 28 heavy (non-hydrogen) atoms. The number of nitrogen functional groups attached to an aromatic ring is 1. The van der Waals surface area contributed by atoms with E-state index in [-0.39, 0.29) is 16.8 Å². The van der Waals surface area contributed by atoms with E-state index in [9.17, 15) is 13.6 Å². The molecule has 0 unspecified atom stereocenters. The lowest BCUT2D eigenvalue weighted by Crippen LogP contribution is -2.17. The molecule has 3 N–H and O–H groups in total. The fraction of sp³-hybridized carbons (Fsp3) is 0.105. The molecule has 0 bridgehead atoms. The molecule has 0 atom stereocenters. The highest BCUT2D eigenvalue weighted by Gasteiger charge is 2.17. The maximum Gasteiger partial charge on any atom is 0.280 e. The van der Waals surface area contributed by atoms with Gasteiger partial charge in [0.1, 0.15) is 17.2 Å². The standard InChI is InChI=1S/C19H16F2N6O/c1-26-9-13(17-18(19(26)28)25-27(2)24-17)12-8-11(22)4-6-15(12)23-16-5-3-10(20)7-14(16)21/h3-9,23H,22H2,1-2H3. The zero-order chi connectivity index (χ0) is 20.0. The maximum atomic E-state index is 14.1. The number of rotatable bonds is 3. The zero-order valence-electron chi connectivity index (χ0n) is 15.1. The summed E-state index contributed by atoms with van der Waals surface area (Å²) in [7, 11) is 3.23. The number of nitrogens with two attached hydrogens (primary N) is 1. The summed E-state index contributed by atoms with van der Waals surface area (Å²) in [5.74, 6) is -1.40. The van der Waals surface area contributed by atoms with Gasteiger partial charge >= 0.3 is 0 Å². The minimum absolute atomic E-state index is 0.104. The molecule has 142 valence electrons. The van der Waals surface area contributed by atoms with E-state index in [0.717, 1.165) is 12.1 Å². The Morgan fingerprint density at radius 3 is 2.43 bits per heavy atom. The third kappa shape index (κ3) is 2.96. The van der Waals surface area contributed by atoms with Crippen LogP contribution in [0.5, 0.6) is 0 Å². The van der Waals surface area contributed by atoms with Gasteiger partial charge in [-0.25, -0.2) is 8.78 Å². The molecule has 0 saturated heterocycles. The van der Waals surface area contributed by atoms with Gasteiger partial charge in [-0.1, -0.05) is 0 Å². The predicted molar refractivity (Wildman–Crippen MR) is 103 cm³/mol. The monoisotopic (exact) mass is 382 g/mol. The van der Waals surface area contributed by atoms with Crippen LogP contribution in [-0.2, 0) is 14.1 Å². The average Bonchev–Trinajstić information content (AvgIpc) is 3.04. The number of halogens is 2. The van der Waals surface area contributed by atoms with Gasteiger partial charge in [0.05, 0.1) is 5.69 Å². The molecule has 2 heterocycles. The van der Waals surface area contributed by atoms with Crippen LogP contribution in [0.15, 0.2) is 47.4 Å². The number of aryl methyl sites for hydroxylation is 2. The summed E-state index contributed by atoms with van der Waals surface area (Å²) in [5.41, 5.74) is 8.60. The number of nitrogens with one attached hydrogen (secondary N) is 1. The Kier molecular flexibility index (Phi) is 4.07. The Hall–Kier alpha value is -3.75. The molecule has 0 spiro atoms. The van der Waals surface area contributed by atoms with Crippen LogP contribution >= 0.6 is 0 Å². The first-order chi connectivity index (χ1) is 13.3. The largest absolute Gasteiger partial charge is 0.399 e. The van der Waals surface area contributed by atoms with E-state index in [1.54, 1.807) is 38.5 Å². The molecule has 0 fully saturated rings. The molecular weight excluding hydrogens is 366 g/mol. The van der Waals surface area contributed by atoms with Crippen LogP contribution in [-0.4, -0.2) is 19.6 Å². The summed E-state index contributed by atoms with van der Waals surface area (Å²) < 4.78 is 28.7. The Morgan fingerprint density at radius 1 is 0.964 bits per heavy atom. The van der Waals surface area contributed by atoms with Crippen molar-refractivity contribution in [2.45, 2.75) is 0 Å². The molecule has 4 aromatic rings. The van der Waals surface area contributed by atoms with Crippen LogP contribution in [0.2, 0.25) is 0 Å². The molecule has 2 aromatic heterocycles. The van der Waals surface area contributed by atoms with Crippen molar-refractivity contribution in [1.29, 1.82) is 0 Å². The van der Waals surface area contributed by atoms with E-state index in [4.69, 9.17) is 5.73 Å². The smallest absolute Gasteiger partial charge is 0.280 e. The predicted octanol–water partition coefficient (Wildman–Crippen LogP) is 2.94. The highest BCUT2D eigenvalue weighted by atomic mass is 19.1. The van der Waals surface area contributed by atoms with Gasteiger partial charge < -0.3 is 15.6 Å². The SMILES string of the molecule is Cn1nc2c(-c3cc(N)ccc3Nc3ccc(F)cc3F)cn(C)c(=O)c2n1. The van der Waals surface area contributed by atoms with Crippen molar-refractivity contribution in [3.05, 3.63) is 64.6 Å². The molecule has 0 aliphatic rings. The number of hydrogen-bond acceptors (Lipinski definition) is 5. The lowest BCUT2D eigenvalue weighted by Gasteiger charge is -2.15. The van der Waals surface area contributed by atoms with Crippen molar-refractivity contribution in [2.24, 2.45) is 14.1 Å². The van der Waals surface area contributed by atoms with Crippen LogP contribution in [0.1, 0.15) is 0 Å². The van der Waals surface area contributed by atoms with Gasteiger partial charge in [0.25, 0.3) is 5.56 Å². The molecule has 0 radical (unpaired) electrons. The molecule has 4 rings (SSSR count). The second-order valence-electron chi connectivity index (χ2n) is 6.40. The molecule has 0 aliphatic carbocycles. The molecule has 0 saturated carbocycles. The summed E-state index contributed by atoms with van der Waals surface area (Å²) >= 11 is 0. The van der Waals surface area contributed by atoms with Gasteiger partial charge in [-0.3, -0.25) is 4.79 Å². The van der Waals surface area contributed by atoms with Crippen molar-refractivity contribution in [2.75, 3.05) is 11.1 Å². The number of aromatic nitrogens is 4. The van der Waals surface area contributed by atoms with Gasteiger partial charge in [-0.2, -0.15) is 9.90 Å². The maximum absolute atomic E-state index is 14.1. The lowest BCUT2D eigenvalue weighted by molar-refractivity contribution is 0.586. The van der Waals surface area contributed by atoms with Crippen molar-refractivity contribution in [3.8, 4) is 11.1 Å². The Morgan fingerprint density at radius 2 is 1.68 bits per heavy atom. The first-order valence-electron chi connectivity index (χ1n) is 8.36. The number of hydrogen-bond donors (Lipinski definition) is 2. The van der Waals surface area contributed by atoms with Crippen LogP contribution < -0.4 is 16.6 Å². The number of pyridine rings is 1. The minimum Gasteiger partial charge on any atom is -0.399 e. The second-order valence-corrected chi connectivity index (χ2v) is 6.40. The van der Waals surface area contributed by atoms with Gasteiger partial charge in [-0.15, -0.1) is 5.10 Å².